The second-order valence-electron chi connectivity index (χ2n) is 8.64. The summed E-state index contributed by atoms with van der Waals surface area (Å²) >= 11 is 1.36. The van der Waals surface area contributed by atoms with Crippen molar-refractivity contribution in [2.75, 3.05) is 18.2 Å². The lowest BCUT2D eigenvalue weighted by Crippen LogP contribution is -2.19. The first-order valence-corrected chi connectivity index (χ1v) is 12.7. The van der Waals surface area contributed by atoms with Crippen molar-refractivity contribution < 1.29 is 9.53 Å². The third-order valence-corrected chi connectivity index (χ3v) is 7.14. The van der Waals surface area contributed by atoms with Gasteiger partial charge in [-0.2, -0.15) is 5.10 Å². The molecule has 2 heterocycles. The lowest BCUT2D eigenvalue weighted by Gasteiger charge is -2.14. The van der Waals surface area contributed by atoms with Gasteiger partial charge in [-0.3, -0.25) is 9.36 Å². The Morgan fingerprint density at radius 1 is 1.06 bits per heavy atom. The van der Waals surface area contributed by atoms with Crippen LogP contribution in [0.3, 0.4) is 0 Å². The fourth-order valence-electron chi connectivity index (χ4n) is 4.38. The number of carbonyl (C=O) groups excluding carboxylic acids is 1. The first kappa shape index (κ1) is 23.2. The molecule has 0 spiro atoms. The number of thioether (sulfide) groups is 1. The maximum Gasteiger partial charge on any atom is 0.235 e. The molecular formula is C26H28N6O2S. The Bertz CT molecular complexity index is 1290. The van der Waals surface area contributed by atoms with Crippen molar-refractivity contribution in [1.82, 2.24) is 24.5 Å². The highest BCUT2D eigenvalue weighted by atomic mass is 32.2. The molecule has 8 nitrogen and oxygen atoms in total. The number of hydrogen-bond donors (Lipinski definition) is 1. The fourth-order valence-corrected chi connectivity index (χ4v) is 5.13. The number of aromatic nitrogens is 5. The van der Waals surface area contributed by atoms with Crippen LogP contribution >= 0.6 is 11.8 Å². The van der Waals surface area contributed by atoms with Crippen LogP contribution in [0.25, 0.3) is 17.1 Å². The molecule has 1 fully saturated rings. The first-order chi connectivity index (χ1) is 17.1. The zero-order valence-electron chi connectivity index (χ0n) is 19.8. The molecule has 5 rings (SSSR count). The molecule has 2 aromatic carbocycles. The summed E-state index contributed by atoms with van der Waals surface area (Å²) in [5, 5.41) is 17.0. The van der Waals surface area contributed by atoms with Crippen LogP contribution in [0.5, 0.6) is 5.75 Å². The molecule has 0 bridgehead atoms. The number of hydrogen-bond acceptors (Lipinski definition) is 6. The maximum absolute atomic E-state index is 12.8. The van der Waals surface area contributed by atoms with Crippen LogP contribution in [0.15, 0.2) is 66.0 Å². The van der Waals surface area contributed by atoms with Crippen molar-refractivity contribution >= 4 is 23.5 Å². The van der Waals surface area contributed by atoms with E-state index in [9.17, 15) is 4.79 Å². The van der Waals surface area contributed by atoms with Crippen LogP contribution in [0, 0.1) is 6.92 Å². The van der Waals surface area contributed by atoms with Gasteiger partial charge in [0, 0.05) is 17.3 Å². The molecule has 0 saturated heterocycles. The van der Waals surface area contributed by atoms with Gasteiger partial charge < -0.3 is 10.1 Å². The van der Waals surface area contributed by atoms with E-state index in [0.29, 0.717) is 17.0 Å². The summed E-state index contributed by atoms with van der Waals surface area (Å²) in [5.74, 6) is 2.35. The average molecular weight is 489 g/mol. The second-order valence-corrected chi connectivity index (χ2v) is 9.58. The molecule has 2 aromatic heterocycles. The molecule has 1 aliphatic rings. The number of ether oxygens (including phenoxy) is 1. The lowest BCUT2D eigenvalue weighted by molar-refractivity contribution is -0.113. The number of amides is 1. The van der Waals surface area contributed by atoms with Gasteiger partial charge in [0.15, 0.2) is 11.0 Å². The van der Waals surface area contributed by atoms with Crippen LogP contribution in [0.1, 0.15) is 37.3 Å². The van der Waals surface area contributed by atoms with E-state index in [1.54, 1.807) is 13.3 Å². The van der Waals surface area contributed by atoms with E-state index in [2.05, 4.69) is 39.7 Å². The summed E-state index contributed by atoms with van der Waals surface area (Å²) in [5.41, 5.74) is 3.02. The Morgan fingerprint density at radius 3 is 2.51 bits per heavy atom. The van der Waals surface area contributed by atoms with E-state index in [1.165, 1.54) is 30.2 Å². The van der Waals surface area contributed by atoms with Gasteiger partial charge in [0.05, 0.1) is 25.1 Å². The molecule has 1 N–H and O–H groups in total. The Hall–Kier alpha value is -3.59. The molecule has 180 valence electrons. The van der Waals surface area contributed by atoms with Crippen molar-refractivity contribution in [1.29, 1.82) is 0 Å². The zero-order chi connectivity index (χ0) is 24.2. The average Bonchev–Trinajstić information content (AvgIpc) is 3.64. The van der Waals surface area contributed by atoms with Crippen molar-refractivity contribution in [3.8, 4) is 22.8 Å². The minimum atomic E-state index is -0.0980. The number of rotatable bonds is 8. The van der Waals surface area contributed by atoms with Crippen LogP contribution < -0.4 is 10.1 Å². The molecule has 4 aromatic rings. The topological polar surface area (TPSA) is 86.9 Å². The number of nitrogens with zero attached hydrogens (tertiary/aromatic N) is 5. The van der Waals surface area contributed by atoms with Gasteiger partial charge in [0.2, 0.25) is 5.91 Å². The van der Waals surface area contributed by atoms with Crippen molar-refractivity contribution in [2.45, 2.75) is 43.8 Å². The Morgan fingerprint density at radius 2 is 1.80 bits per heavy atom. The van der Waals surface area contributed by atoms with E-state index in [1.807, 2.05) is 51.7 Å². The summed E-state index contributed by atoms with van der Waals surface area (Å²) in [4.78, 5) is 12.8. The van der Waals surface area contributed by atoms with E-state index in [0.717, 1.165) is 35.7 Å². The highest BCUT2D eigenvalue weighted by Gasteiger charge is 2.21. The van der Waals surface area contributed by atoms with Gasteiger partial charge in [-0.15, -0.1) is 10.2 Å². The van der Waals surface area contributed by atoms with E-state index >= 15 is 0 Å². The van der Waals surface area contributed by atoms with Crippen molar-refractivity contribution in [3.63, 3.8) is 0 Å². The molecular weight excluding hydrogens is 460 g/mol. The third-order valence-electron chi connectivity index (χ3n) is 6.21. The van der Waals surface area contributed by atoms with Crippen LogP contribution in [0.2, 0.25) is 0 Å². The normalized spacial score (nSPS) is 13.8. The molecule has 0 unspecified atom stereocenters. The first-order valence-electron chi connectivity index (χ1n) is 11.8. The molecule has 0 aliphatic heterocycles. The summed E-state index contributed by atoms with van der Waals surface area (Å²) < 4.78 is 9.23. The van der Waals surface area contributed by atoms with Crippen LogP contribution in [-0.2, 0) is 4.79 Å². The molecule has 1 amide bonds. The molecule has 9 heteroatoms. The summed E-state index contributed by atoms with van der Waals surface area (Å²) in [6, 6.07) is 18.1. The van der Waals surface area contributed by atoms with Gasteiger partial charge in [-0.05, 0) is 56.2 Å². The number of carbonyl (C=O) groups is 1. The van der Waals surface area contributed by atoms with E-state index < -0.39 is 0 Å². The van der Waals surface area contributed by atoms with Gasteiger partial charge in [0.25, 0.3) is 0 Å². The van der Waals surface area contributed by atoms with E-state index in [4.69, 9.17) is 4.74 Å². The highest BCUT2D eigenvalue weighted by molar-refractivity contribution is 7.99. The second kappa shape index (κ2) is 10.4. The minimum absolute atomic E-state index is 0.0980. The summed E-state index contributed by atoms with van der Waals surface area (Å²) in [6.45, 7) is 2.05. The predicted octanol–water partition coefficient (Wildman–Crippen LogP) is 5.29. The fraction of sp³-hybridized carbons (Fsp3) is 0.308. The van der Waals surface area contributed by atoms with Gasteiger partial charge in [-0.1, -0.05) is 42.3 Å². The Labute approximate surface area is 208 Å². The highest BCUT2D eigenvalue weighted by Crippen LogP contribution is 2.32. The van der Waals surface area contributed by atoms with Crippen molar-refractivity contribution in [2.24, 2.45) is 0 Å². The molecule has 1 saturated carbocycles. The maximum atomic E-state index is 12.8. The van der Waals surface area contributed by atoms with Gasteiger partial charge in [0.1, 0.15) is 11.6 Å². The number of aryl methyl sites for hydroxylation is 1. The van der Waals surface area contributed by atoms with Crippen LogP contribution in [-0.4, -0.2) is 43.3 Å². The smallest absolute Gasteiger partial charge is 0.235 e. The Kier molecular flexibility index (Phi) is 6.85. The largest absolute Gasteiger partial charge is 0.497 e. The number of anilines is 1. The molecule has 0 radical (unpaired) electrons. The summed E-state index contributed by atoms with van der Waals surface area (Å²) in [7, 11) is 1.64. The number of methoxy groups -OCH3 is 1. The standard InChI is InChI=1S/C26H28N6O2S/c1-18-7-11-20(12-8-18)31-25(19-9-13-22(34-2)14-10-19)29-30-26(31)35-17-24(33)28-23-15-16-27-32(23)21-5-3-4-6-21/h7-16,21H,3-6,17H2,1-2H3,(H,28,33). The van der Waals surface area contributed by atoms with Crippen molar-refractivity contribution in [3.05, 3.63) is 66.4 Å². The zero-order valence-corrected chi connectivity index (χ0v) is 20.7. The molecule has 0 atom stereocenters. The van der Waals surface area contributed by atoms with Crippen LogP contribution in [0.4, 0.5) is 5.82 Å². The molecule has 35 heavy (non-hydrogen) atoms. The lowest BCUT2D eigenvalue weighted by atomic mass is 10.2. The predicted molar refractivity (Wildman–Crippen MR) is 137 cm³/mol. The van der Waals surface area contributed by atoms with Gasteiger partial charge in [-0.25, -0.2) is 4.68 Å². The molecule has 1 aliphatic carbocycles. The monoisotopic (exact) mass is 488 g/mol. The third kappa shape index (κ3) is 5.09. The quantitative estimate of drug-likeness (QED) is 0.339. The number of nitrogens with one attached hydrogen (secondary N) is 1. The number of benzene rings is 2. The Balaban J connectivity index is 1.36. The minimum Gasteiger partial charge on any atom is -0.497 e. The SMILES string of the molecule is COc1ccc(-c2nnc(SCC(=O)Nc3ccnn3C3CCCC3)n2-c2ccc(C)cc2)cc1. The van der Waals surface area contributed by atoms with Gasteiger partial charge >= 0.3 is 0 Å². The van der Waals surface area contributed by atoms with E-state index in [-0.39, 0.29) is 11.7 Å². The summed E-state index contributed by atoms with van der Waals surface area (Å²) in [6.07, 6.45) is 6.37.